The average Bonchev–Trinajstić information content (AvgIpc) is 3.15. The number of aryl methyl sites for hydroxylation is 1. The van der Waals surface area contributed by atoms with E-state index in [1.807, 2.05) is 47.7 Å². The standard InChI is InChI=1S/C21H27FN6O/c1-3-23-21(27(2)15-16-29-18-11-9-17(22)10-12-18)24-13-6-8-20-26-25-19-7-4-5-14-28(19)20/h4-5,7,9-12,14H,3,6,8,13,15-16H2,1-2H3,(H,23,24). The van der Waals surface area contributed by atoms with Crippen molar-refractivity contribution in [3.05, 3.63) is 60.3 Å². The van der Waals surface area contributed by atoms with Gasteiger partial charge in [-0.05, 0) is 49.7 Å². The SMILES string of the molecule is CCNC(=NCCCc1nnc2ccccn12)N(C)CCOc1ccc(F)cc1. The Hall–Kier alpha value is -3.16. The van der Waals surface area contributed by atoms with E-state index in [-0.39, 0.29) is 5.82 Å². The molecule has 7 nitrogen and oxygen atoms in total. The molecule has 3 aromatic rings. The van der Waals surface area contributed by atoms with Crippen molar-refractivity contribution in [3.63, 3.8) is 0 Å². The Balaban J connectivity index is 1.47. The number of nitrogens with one attached hydrogen (secondary N) is 1. The molecule has 0 saturated heterocycles. The molecule has 2 aromatic heterocycles. The number of fused-ring (bicyclic) bond motifs is 1. The van der Waals surface area contributed by atoms with E-state index in [9.17, 15) is 4.39 Å². The van der Waals surface area contributed by atoms with Gasteiger partial charge < -0.3 is 15.0 Å². The molecular weight excluding hydrogens is 371 g/mol. The monoisotopic (exact) mass is 398 g/mol. The number of nitrogens with zero attached hydrogens (tertiary/aromatic N) is 5. The number of likely N-dealkylation sites (N-methyl/N-ethyl adjacent to an activating group) is 1. The molecule has 0 aliphatic carbocycles. The third-order valence-corrected chi connectivity index (χ3v) is 4.41. The second-order valence-electron chi connectivity index (χ2n) is 6.61. The molecule has 1 N–H and O–H groups in total. The molecule has 3 rings (SSSR count). The van der Waals surface area contributed by atoms with E-state index in [4.69, 9.17) is 9.73 Å². The van der Waals surface area contributed by atoms with Gasteiger partial charge in [-0.2, -0.15) is 0 Å². The van der Waals surface area contributed by atoms with Gasteiger partial charge in [0, 0.05) is 32.8 Å². The van der Waals surface area contributed by atoms with Crippen LogP contribution in [0.2, 0.25) is 0 Å². The molecule has 2 heterocycles. The maximum absolute atomic E-state index is 12.9. The van der Waals surface area contributed by atoms with Crippen LogP contribution in [-0.2, 0) is 6.42 Å². The van der Waals surface area contributed by atoms with Crippen LogP contribution in [0.4, 0.5) is 4.39 Å². The van der Waals surface area contributed by atoms with Gasteiger partial charge in [0.15, 0.2) is 11.6 Å². The number of rotatable bonds is 9. The van der Waals surface area contributed by atoms with Crippen molar-refractivity contribution in [2.45, 2.75) is 19.8 Å². The quantitative estimate of drug-likeness (QED) is 0.341. The van der Waals surface area contributed by atoms with Crippen LogP contribution < -0.4 is 10.1 Å². The maximum Gasteiger partial charge on any atom is 0.193 e. The van der Waals surface area contributed by atoms with Gasteiger partial charge >= 0.3 is 0 Å². The molecule has 0 aliphatic heterocycles. The van der Waals surface area contributed by atoms with Crippen LogP contribution in [0.25, 0.3) is 5.65 Å². The summed E-state index contributed by atoms with van der Waals surface area (Å²) in [6.07, 6.45) is 3.67. The average molecular weight is 398 g/mol. The number of hydrogen-bond acceptors (Lipinski definition) is 4. The summed E-state index contributed by atoms with van der Waals surface area (Å²) in [7, 11) is 1.97. The normalized spacial score (nSPS) is 11.6. The first-order valence-corrected chi connectivity index (χ1v) is 9.84. The Morgan fingerprint density at radius 1 is 1.21 bits per heavy atom. The minimum atomic E-state index is -0.268. The number of hydrogen-bond donors (Lipinski definition) is 1. The van der Waals surface area contributed by atoms with Crippen LogP contribution in [0, 0.1) is 5.82 Å². The second kappa shape index (κ2) is 10.4. The first-order chi connectivity index (χ1) is 14.2. The molecule has 0 unspecified atom stereocenters. The first kappa shape index (κ1) is 20.6. The Morgan fingerprint density at radius 2 is 2.03 bits per heavy atom. The Morgan fingerprint density at radius 3 is 2.83 bits per heavy atom. The van der Waals surface area contributed by atoms with E-state index in [1.54, 1.807) is 12.1 Å². The molecule has 0 spiro atoms. The predicted octanol–water partition coefficient (Wildman–Crippen LogP) is 2.78. The third-order valence-electron chi connectivity index (χ3n) is 4.41. The van der Waals surface area contributed by atoms with Gasteiger partial charge in [0.1, 0.15) is 24.0 Å². The van der Waals surface area contributed by atoms with Crippen molar-refractivity contribution in [2.24, 2.45) is 4.99 Å². The second-order valence-corrected chi connectivity index (χ2v) is 6.61. The molecular formula is C21H27FN6O. The number of aliphatic imine (C=N–C) groups is 1. The molecule has 1 aromatic carbocycles. The maximum atomic E-state index is 12.9. The van der Waals surface area contributed by atoms with Crippen LogP contribution in [0.3, 0.4) is 0 Å². The van der Waals surface area contributed by atoms with Crippen LogP contribution in [-0.4, -0.2) is 58.7 Å². The van der Waals surface area contributed by atoms with E-state index < -0.39 is 0 Å². The zero-order valence-corrected chi connectivity index (χ0v) is 16.9. The highest BCUT2D eigenvalue weighted by atomic mass is 19.1. The van der Waals surface area contributed by atoms with Gasteiger partial charge in [-0.25, -0.2) is 4.39 Å². The Bertz CT molecular complexity index is 924. The van der Waals surface area contributed by atoms with Gasteiger partial charge in [0.25, 0.3) is 0 Å². The molecule has 0 amide bonds. The van der Waals surface area contributed by atoms with Crippen LogP contribution in [0.1, 0.15) is 19.2 Å². The predicted molar refractivity (Wildman–Crippen MR) is 112 cm³/mol. The third kappa shape index (κ3) is 5.91. The fourth-order valence-corrected chi connectivity index (χ4v) is 2.89. The van der Waals surface area contributed by atoms with E-state index >= 15 is 0 Å². The lowest BCUT2D eigenvalue weighted by Crippen LogP contribution is -2.41. The van der Waals surface area contributed by atoms with Gasteiger partial charge in [0.05, 0.1) is 6.54 Å². The minimum Gasteiger partial charge on any atom is -0.492 e. The lowest BCUT2D eigenvalue weighted by Gasteiger charge is -2.22. The summed E-state index contributed by atoms with van der Waals surface area (Å²) in [4.78, 5) is 6.73. The first-order valence-electron chi connectivity index (χ1n) is 9.84. The summed E-state index contributed by atoms with van der Waals surface area (Å²) < 4.78 is 20.6. The van der Waals surface area contributed by atoms with Gasteiger partial charge in [-0.15, -0.1) is 10.2 Å². The van der Waals surface area contributed by atoms with Crippen molar-refractivity contribution in [2.75, 3.05) is 33.3 Å². The summed E-state index contributed by atoms with van der Waals surface area (Å²) in [6.45, 7) is 4.67. The Labute approximate surface area is 170 Å². The molecule has 154 valence electrons. The van der Waals surface area contributed by atoms with E-state index in [0.717, 1.165) is 36.8 Å². The fourth-order valence-electron chi connectivity index (χ4n) is 2.89. The zero-order valence-electron chi connectivity index (χ0n) is 16.9. The number of guanidine groups is 1. The van der Waals surface area contributed by atoms with Crippen molar-refractivity contribution >= 4 is 11.6 Å². The highest BCUT2D eigenvalue weighted by molar-refractivity contribution is 5.79. The van der Waals surface area contributed by atoms with Crippen molar-refractivity contribution < 1.29 is 9.13 Å². The summed E-state index contributed by atoms with van der Waals surface area (Å²) in [5.74, 6) is 2.17. The minimum absolute atomic E-state index is 0.268. The largest absolute Gasteiger partial charge is 0.492 e. The van der Waals surface area contributed by atoms with Crippen molar-refractivity contribution in [3.8, 4) is 5.75 Å². The topological polar surface area (TPSA) is 67.0 Å². The van der Waals surface area contributed by atoms with Gasteiger partial charge in [-0.1, -0.05) is 6.07 Å². The van der Waals surface area contributed by atoms with E-state index in [0.29, 0.717) is 25.4 Å². The molecule has 0 radical (unpaired) electrons. The molecule has 0 aliphatic rings. The Kier molecular flexibility index (Phi) is 7.38. The number of ether oxygens (including phenoxy) is 1. The fraction of sp³-hybridized carbons (Fsp3) is 0.381. The van der Waals surface area contributed by atoms with Crippen molar-refractivity contribution in [1.29, 1.82) is 0 Å². The number of benzene rings is 1. The summed E-state index contributed by atoms with van der Waals surface area (Å²) in [5, 5.41) is 11.7. The van der Waals surface area contributed by atoms with Crippen LogP contribution in [0.5, 0.6) is 5.75 Å². The lowest BCUT2D eigenvalue weighted by atomic mass is 10.3. The number of halogens is 1. The lowest BCUT2D eigenvalue weighted by molar-refractivity contribution is 0.281. The van der Waals surface area contributed by atoms with Crippen molar-refractivity contribution in [1.82, 2.24) is 24.8 Å². The summed E-state index contributed by atoms with van der Waals surface area (Å²) in [6, 6.07) is 11.9. The molecule has 0 fully saturated rings. The summed E-state index contributed by atoms with van der Waals surface area (Å²) >= 11 is 0. The zero-order chi connectivity index (χ0) is 20.5. The molecule has 0 bridgehead atoms. The highest BCUT2D eigenvalue weighted by Gasteiger charge is 2.07. The molecule has 29 heavy (non-hydrogen) atoms. The molecule has 0 atom stereocenters. The van der Waals surface area contributed by atoms with Crippen LogP contribution in [0.15, 0.2) is 53.7 Å². The van der Waals surface area contributed by atoms with E-state index in [2.05, 4.69) is 15.5 Å². The highest BCUT2D eigenvalue weighted by Crippen LogP contribution is 2.11. The number of aromatic nitrogens is 3. The molecule has 0 saturated carbocycles. The van der Waals surface area contributed by atoms with E-state index in [1.165, 1.54) is 12.1 Å². The molecule has 8 heteroatoms. The van der Waals surface area contributed by atoms with Crippen LogP contribution >= 0.6 is 0 Å². The smallest absolute Gasteiger partial charge is 0.193 e. The van der Waals surface area contributed by atoms with Gasteiger partial charge in [-0.3, -0.25) is 9.39 Å². The number of pyridine rings is 1. The summed E-state index contributed by atoms with van der Waals surface area (Å²) in [5.41, 5.74) is 0.861. The van der Waals surface area contributed by atoms with Gasteiger partial charge in [0.2, 0.25) is 0 Å².